The Kier molecular flexibility index (Phi) is 7.39. The zero-order valence-corrected chi connectivity index (χ0v) is 22.1. The minimum atomic E-state index is -1.16. The molecule has 40 heavy (non-hydrogen) atoms. The number of benzene rings is 3. The maximum absolute atomic E-state index is 15.2. The fraction of sp³-hybridized carbons (Fsp3) is 0.107. The van der Waals surface area contributed by atoms with Crippen LogP contribution in [0.25, 0.3) is 22.3 Å². The minimum absolute atomic E-state index is 0.00339. The zero-order chi connectivity index (χ0) is 28.4. The summed E-state index contributed by atoms with van der Waals surface area (Å²) in [6, 6.07) is 17.0. The van der Waals surface area contributed by atoms with E-state index in [1.165, 1.54) is 30.3 Å². The SMILES string of the molecule is COc1ccc(-c2nn(C/C(=N/c3cccc(Cl)c3C=O)N(C)c3ccccc3)c3ncnc(N)c23)c(F)c1F. The van der Waals surface area contributed by atoms with Gasteiger partial charge in [-0.3, -0.25) is 4.79 Å². The van der Waals surface area contributed by atoms with E-state index in [1.807, 2.05) is 30.3 Å². The number of aldehydes is 1. The summed E-state index contributed by atoms with van der Waals surface area (Å²) in [5.41, 5.74) is 7.71. The third kappa shape index (κ3) is 4.82. The summed E-state index contributed by atoms with van der Waals surface area (Å²) >= 11 is 6.25. The van der Waals surface area contributed by atoms with Gasteiger partial charge < -0.3 is 15.4 Å². The van der Waals surface area contributed by atoms with Crippen molar-refractivity contribution in [2.75, 3.05) is 24.8 Å². The van der Waals surface area contributed by atoms with Crippen LogP contribution in [0.2, 0.25) is 5.02 Å². The van der Waals surface area contributed by atoms with Crippen LogP contribution in [0.4, 0.5) is 26.0 Å². The van der Waals surface area contributed by atoms with E-state index in [9.17, 15) is 9.18 Å². The first-order valence-corrected chi connectivity index (χ1v) is 12.3. The van der Waals surface area contributed by atoms with Gasteiger partial charge in [-0.1, -0.05) is 35.9 Å². The number of aromatic nitrogens is 4. The second-order valence-electron chi connectivity index (χ2n) is 8.62. The van der Waals surface area contributed by atoms with Crippen molar-refractivity contribution in [3.63, 3.8) is 0 Å². The highest BCUT2D eigenvalue weighted by Crippen LogP contribution is 2.35. The number of nitrogen functional groups attached to an aromatic ring is 1. The van der Waals surface area contributed by atoms with Crippen LogP contribution in [0.1, 0.15) is 10.4 Å². The van der Waals surface area contributed by atoms with Crippen LogP contribution >= 0.6 is 11.6 Å². The number of para-hydroxylation sites is 1. The number of halogens is 3. The molecule has 0 unspecified atom stereocenters. The molecule has 0 bridgehead atoms. The quantitative estimate of drug-likeness (QED) is 0.154. The first-order valence-electron chi connectivity index (χ1n) is 11.9. The number of ether oxygens (including phenoxy) is 1. The lowest BCUT2D eigenvalue weighted by atomic mass is 10.1. The molecule has 3 aromatic carbocycles. The van der Waals surface area contributed by atoms with Crippen LogP contribution in [0.15, 0.2) is 72.0 Å². The molecule has 2 aromatic heterocycles. The van der Waals surface area contributed by atoms with Crippen LogP contribution in [0.5, 0.6) is 5.75 Å². The highest BCUT2D eigenvalue weighted by Gasteiger charge is 2.24. The van der Waals surface area contributed by atoms with Crippen molar-refractivity contribution < 1.29 is 18.3 Å². The van der Waals surface area contributed by atoms with Crippen LogP contribution in [-0.4, -0.2) is 46.0 Å². The number of nitrogens with zero attached hydrogens (tertiary/aromatic N) is 6. The summed E-state index contributed by atoms with van der Waals surface area (Å²) in [6.45, 7) is 0.00339. The van der Waals surface area contributed by atoms with Gasteiger partial charge in [-0.15, -0.1) is 0 Å². The fourth-order valence-electron chi connectivity index (χ4n) is 4.23. The lowest BCUT2D eigenvalue weighted by Gasteiger charge is -2.22. The maximum Gasteiger partial charge on any atom is 0.201 e. The number of carbonyl (C=O) groups is 1. The predicted octanol–water partition coefficient (Wildman–Crippen LogP) is 5.69. The monoisotopic (exact) mass is 561 g/mol. The number of rotatable bonds is 7. The molecule has 0 saturated carbocycles. The molecule has 0 amide bonds. The maximum atomic E-state index is 15.2. The lowest BCUT2D eigenvalue weighted by molar-refractivity contribution is 0.112. The van der Waals surface area contributed by atoms with Crippen molar-refractivity contribution in [2.45, 2.75) is 6.54 Å². The highest BCUT2D eigenvalue weighted by atomic mass is 35.5. The largest absolute Gasteiger partial charge is 0.494 e. The van der Waals surface area contributed by atoms with Gasteiger partial charge in [-0.05, 0) is 36.4 Å². The Labute approximate surface area is 232 Å². The number of anilines is 2. The summed E-state index contributed by atoms with van der Waals surface area (Å²) < 4.78 is 36.2. The number of carbonyl (C=O) groups excluding carboxylic acids is 1. The molecule has 0 aliphatic heterocycles. The van der Waals surface area contributed by atoms with E-state index in [1.54, 1.807) is 30.1 Å². The molecule has 5 rings (SSSR count). The first-order chi connectivity index (χ1) is 19.3. The van der Waals surface area contributed by atoms with Crippen LogP contribution in [0.3, 0.4) is 0 Å². The molecule has 0 aliphatic carbocycles. The third-order valence-electron chi connectivity index (χ3n) is 6.30. The zero-order valence-electron chi connectivity index (χ0n) is 21.3. The molecule has 0 spiro atoms. The van der Waals surface area contributed by atoms with Crippen LogP contribution in [0, 0.1) is 11.6 Å². The average Bonchev–Trinajstić information content (AvgIpc) is 3.33. The molecule has 2 heterocycles. The number of nitrogens with two attached hydrogens (primary N) is 1. The Morgan fingerprint density at radius 1 is 1.10 bits per heavy atom. The van der Waals surface area contributed by atoms with Crippen LogP contribution in [-0.2, 0) is 6.54 Å². The normalized spacial score (nSPS) is 11.6. The molecular weight excluding hydrogens is 540 g/mol. The number of methoxy groups -OCH3 is 1. The van der Waals surface area contributed by atoms with E-state index in [0.717, 1.165) is 5.69 Å². The van der Waals surface area contributed by atoms with E-state index < -0.39 is 11.6 Å². The Morgan fingerprint density at radius 2 is 1.88 bits per heavy atom. The van der Waals surface area contributed by atoms with Gasteiger partial charge in [-0.2, -0.15) is 9.49 Å². The van der Waals surface area contributed by atoms with Crippen molar-refractivity contribution in [3.05, 3.63) is 89.2 Å². The fourth-order valence-corrected chi connectivity index (χ4v) is 4.45. The number of hydrogen-bond acceptors (Lipinski definition) is 7. The second kappa shape index (κ2) is 11.1. The van der Waals surface area contributed by atoms with E-state index in [2.05, 4.69) is 15.1 Å². The number of fused-ring (bicyclic) bond motifs is 1. The standard InChI is InChI=1S/C28H22ClF2N7O2/c1-37(16-7-4-3-5-8-16)22(35-20-10-6-9-19(29)18(20)14-39)13-38-28-23(27(32)33-15-34-28)26(36-38)17-11-12-21(40-2)25(31)24(17)30/h3-12,14-15H,13H2,1-2H3,(H2,32,33,34)/b35-22-. The Balaban J connectivity index is 1.70. The Hall–Kier alpha value is -4.90. The number of likely N-dealkylation sites (N-methyl/N-ethyl adjacent to an activating group) is 1. The summed E-state index contributed by atoms with van der Waals surface area (Å²) in [5.74, 6) is -2.09. The Morgan fingerprint density at radius 3 is 2.60 bits per heavy atom. The number of hydrogen-bond donors (Lipinski definition) is 1. The third-order valence-corrected chi connectivity index (χ3v) is 6.63. The van der Waals surface area contributed by atoms with Gasteiger partial charge in [-0.25, -0.2) is 24.0 Å². The molecule has 0 saturated heterocycles. The van der Waals surface area contributed by atoms with E-state index >= 15 is 4.39 Å². The highest BCUT2D eigenvalue weighted by molar-refractivity contribution is 6.33. The summed E-state index contributed by atoms with van der Waals surface area (Å²) in [4.78, 5) is 26.8. The van der Waals surface area contributed by atoms with Crippen molar-refractivity contribution in [2.24, 2.45) is 4.99 Å². The summed E-state index contributed by atoms with van der Waals surface area (Å²) in [6.07, 6.45) is 1.89. The van der Waals surface area contributed by atoms with E-state index in [0.29, 0.717) is 17.8 Å². The predicted molar refractivity (Wildman–Crippen MR) is 150 cm³/mol. The Bertz CT molecular complexity index is 1760. The molecule has 9 nitrogen and oxygen atoms in total. The van der Waals surface area contributed by atoms with Gasteiger partial charge in [0.25, 0.3) is 0 Å². The van der Waals surface area contributed by atoms with Gasteiger partial charge in [0.05, 0.1) is 28.8 Å². The molecule has 12 heteroatoms. The first kappa shape index (κ1) is 26.7. The molecule has 0 radical (unpaired) electrons. The molecule has 202 valence electrons. The van der Waals surface area contributed by atoms with Crippen molar-refractivity contribution in [1.29, 1.82) is 0 Å². The van der Waals surface area contributed by atoms with Gasteiger partial charge in [0.2, 0.25) is 5.82 Å². The van der Waals surface area contributed by atoms with Gasteiger partial charge in [0.1, 0.15) is 30.2 Å². The van der Waals surface area contributed by atoms with Gasteiger partial charge in [0.15, 0.2) is 23.5 Å². The summed E-state index contributed by atoms with van der Waals surface area (Å²) in [7, 11) is 3.04. The van der Waals surface area contributed by atoms with Gasteiger partial charge >= 0.3 is 0 Å². The molecule has 0 aliphatic rings. The molecule has 0 atom stereocenters. The molecular formula is C28H22ClF2N7O2. The lowest BCUT2D eigenvalue weighted by Crippen LogP contribution is -2.30. The molecule has 0 fully saturated rings. The number of aliphatic imine (C=N–C) groups is 1. The van der Waals surface area contributed by atoms with E-state index in [-0.39, 0.29) is 51.0 Å². The van der Waals surface area contributed by atoms with Gasteiger partial charge in [0, 0.05) is 18.3 Å². The second-order valence-corrected chi connectivity index (χ2v) is 9.03. The molecule has 5 aromatic rings. The van der Waals surface area contributed by atoms with Crippen molar-refractivity contribution in [1.82, 2.24) is 19.7 Å². The topological polar surface area (TPSA) is 112 Å². The minimum Gasteiger partial charge on any atom is -0.494 e. The smallest absolute Gasteiger partial charge is 0.201 e. The molecule has 2 N–H and O–H groups in total. The van der Waals surface area contributed by atoms with Crippen molar-refractivity contribution in [3.8, 4) is 17.0 Å². The van der Waals surface area contributed by atoms with Crippen LogP contribution < -0.4 is 15.4 Å². The van der Waals surface area contributed by atoms with E-state index in [4.69, 9.17) is 27.1 Å². The van der Waals surface area contributed by atoms with Crippen molar-refractivity contribution >= 4 is 51.9 Å². The average molecular weight is 562 g/mol. The number of amidine groups is 1. The summed E-state index contributed by atoms with van der Waals surface area (Å²) in [5, 5.41) is 5.07.